The number of hydrogen-bond donors (Lipinski definition) is 2. The Bertz CT molecular complexity index is 848. The van der Waals surface area contributed by atoms with Crippen LogP contribution in [-0.2, 0) is 16.3 Å². The highest BCUT2D eigenvalue weighted by atomic mass is 32.2. The predicted octanol–water partition coefficient (Wildman–Crippen LogP) is 1.50. The molecule has 7 heteroatoms. The van der Waals surface area contributed by atoms with Gasteiger partial charge in [-0.15, -0.1) is 0 Å². The predicted molar refractivity (Wildman–Crippen MR) is 102 cm³/mol. The average molecular weight is 391 g/mol. The Morgan fingerprint density at radius 1 is 1.00 bits per heavy atom. The van der Waals surface area contributed by atoms with Crippen molar-refractivity contribution in [2.24, 2.45) is 0 Å². The van der Waals surface area contributed by atoms with Gasteiger partial charge < -0.3 is 14.9 Å². The molecule has 0 saturated heterocycles. The molecule has 3 rings (SSSR count). The third-order valence-electron chi connectivity index (χ3n) is 4.73. The molecular weight excluding hydrogens is 366 g/mol. The van der Waals surface area contributed by atoms with Crippen LogP contribution in [0.4, 0.5) is 0 Å². The molecule has 1 heterocycles. The molecule has 0 fully saturated rings. The molecule has 0 saturated carbocycles. The van der Waals surface area contributed by atoms with Gasteiger partial charge in [0.15, 0.2) is 0 Å². The number of nitrogens with zero attached hydrogens (tertiary/aromatic N) is 1. The Balaban J connectivity index is 1.79. The summed E-state index contributed by atoms with van der Waals surface area (Å²) in [4.78, 5) is 2.42. The van der Waals surface area contributed by atoms with Crippen molar-refractivity contribution in [1.29, 1.82) is 0 Å². The Labute approximate surface area is 159 Å². The summed E-state index contributed by atoms with van der Waals surface area (Å²) in [6.45, 7) is 1.55. The lowest BCUT2D eigenvalue weighted by atomic mass is 10.0. The molecule has 6 nitrogen and oxygen atoms in total. The van der Waals surface area contributed by atoms with Gasteiger partial charge in [-0.2, -0.15) is 0 Å². The smallest absolute Gasteiger partial charge is 0.206 e. The van der Waals surface area contributed by atoms with E-state index >= 15 is 0 Å². The van der Waals surface area contributed by atoms with Crippen molar-refractivity contribution in [2.45, 2.75) is 28.7 Å². The first-order chi connectivity index (χ1) is 13.0. The number of aliphatic hydroxyl groups excluding tert-OH is 2. The quantitative estimate of drug-likeness (QED) is 0.709. The van der Waals surface area contributed by atoms with Crippen LogP contribution in [0.2, 0.25) is 0 Å². The van der Waals surface area contributed by atoms with E-state index in [1.54, 1.807) is 42.5 Å². The number of fused-ring (bicyclic) bond motifs is 1. The highest BCUT2D eigenvalue weighted by Crippen LogP contribution is 2.32. The lowest BCUT2D eigenvalue weighted by Gasteiger charge is -2.31. The first kappa shape index (κ1) is 19.8. The monoisotopic (exact) mass is 391 g/mol. The third-order valence-corrected chi connectivity index (χ3v) is 6.49. The second kappa shape index (κ2) is 8.84. The fourth-order valence-corrected chi connectivity index (χ4v) is 4.60. The van der Waals surface area contributed by atoms with E-state index in [9.17, 15) is 8.42 Å². The maximum atomic E-state index is 12.8. The molecule has 0 radical (unpaired) electrons. The maximum Gasteiger partial charge on any atom is 0.206 e. The summed E-state index contributed by atoms with van der Waals surface area (Å²) in [5.74, 6) is 0.594. The standard InChI is InChI=1S/C20H25NO5S/c22-12-10-21(11-13-23)15-17-8-6-16-7-9-19(14-20(16)26-17)27(24,25)18-4-2-1-3-5-18/h1-5,7,9,14,17,22-23H,6,8,10-13,15H2. The van der Waals surface area contributed by atoms with Crippen molar-refractivity contribution in [3.05, 3.63) is 54.1 Å². The lowest BCUT2D eigenvalue weighted by Crippen LogP contribution is -2.40. The van der Waals surface area contributed by atoms with Gasteiger partial charge in [0, 0.05) is 19.6 Å². The molecule has 0 bridgehead atoms. The number of hydrogen-bond acceptors (Lipinski definition) is 6. The Morgan fingerprint density at radius 2 is 1.70 bits per heavy atom. The highest BCUT2D eigenvalue weighted by molar-refractivity contribution is 7.91. The lowest BCUT2D eigenvalue weighted by molar-refractivity contribution is 0.0891. The van der Waals surface area contributed by atoms with Gasteiger partial charge in [-0.05, 0) is 42.7 Å². The van der Waals surface area contributed by atoms with Crippen molar-refractivity contribution >= 4 is 9.84 Å². The minimum Gasteiger partial charge on any atom is -0.489 e. The summed E-state index contributed by atoms with van der Waals surface area (Å²) in [5, 5.41) is 18.3. The van der Waals surface area contributed by atoms with Crippen LogP contribution in [0.15, 0.2) is 58.3 Å². The zero-order chi connectivity index (χ0) is 19.3. The van der Waals surface area contributed by atoms with Gasteiger partial charge in [-0.25, -0.2) is 8.42 Å². The number of aliphatic hydroxyl groups is 2. The number of benzene rings is 2. The second-order valence-corrected chi connectivity index (χ2v) is 8.56. The molecule has 1 unspecified atom stereocenters. The third kappa shape index (κ3) is 4.68. The molecule has 27 heavy (non-hydrogen) atoms. The van der Waals surface area contributed by atoms with E-state index in [1.807, 2.05) is 11.0 Å². The first-order valence-corrected chi connectivity index (χ1v) is 10.6. The van der Waals surface area contributed by atoms with Gasteiger partial charge in [0.1, 0.15) is 11.9 Å². The average Bonchev–Trinajstić information content (AvgIpc) is 2.68. The fraction of sp³-hybridized carbons (Fsp3) is 0.400. The van der Waals surface area contributed by atoms with Crippen LogP contribution in [0, 0.1) is 0 Å². The molecule has 2 N–H and O–H groups in total. The van der Waals surface area contributed by atoms with Crippen molar-refractivity contribution in [3.63, 3.8) is 0 Å². The SMILES string of the molecule is O=S(=O)(c1ccccc1)c1ccc2c(c1)OC(CN(CCO)CCO)CC2. The second-order valence-electron chi connectivity index (χ2n) is 6.61. The molecule has 0 aliphatic carbocycles. The highest BCUT2D eigenvalue weighted by Gasteiger charge is 2.25. The molecule has 1 aliphatic heterocycles. The topological polar surface area (TPSA) is 87.1 Å². The number of rotatable bonds is 8. The molecule has 1 atom stereocenters. The van der Waals surface area contributed by atoms with Gasteiger partial charge in [-0.1, -0.05) is 24.3 Å². The summed E-state index contributed by atoms with van der Waals surface area (Å²) in [6.07, 6.45) is 1.51. The molecule has 0 spiro atoms. The summed E-state index contributed by atoms with van der Waals surface area (Å²) in [7, 11) is -3.59. The van der Waals surface area contributed by atoms with Crippen LogP contribution in [0.1, 0.15) is 12.0 Å². The zero-order valence-corrected chi connectivity index (χ0v) is 15.9. The van der Waals surface area contributed by atoms with Crippen LogP contribution in [-0.4, -0.2) is 62.5 Å². The zero-order valence-electron chi connectivity index (χ0n) is 15.1. The summed E-state index contributed by atoms with van der Waals surface area (Å²) in [6, 6.07) is 13.4. The van der Waals surface area contributed by atoms with Gasteiger partial charge in [0.05, 0.1) is 23.0 Å². The number of aryl methyl sites for hydroxylation is 1. The number of ether oxygens (including phenoxy) is 1. The van der Waals surface area contributed by atoms with E-state index in [0.717, 1.165) is 18.4 Å². The molecule has 1 aliphatic rings. The van der Waals surface area contributed by atoms with Crippen LogP contribution in [0.25, 0.3) is 0 Å². The molecule has 146 valence electrons. The number of sulfone groups is 1. The van der Waals surface area contributed by atoms with Crippen molar-refractivity contribution in [2.75, 3.05) is 32.8 Å². The maximum absolute atomic E-state index is 12.8. The first-order valence-electron chi connectivity index (χ1n) is 9.08. The van der Waals surface area contributed by atoms with E-state index in [2.05, 4.69) is 0 Å². The molecule has 0 amide bonds. The summed E-state index contributed by atoms with van der Waals surface area (Å²) >= 11 is 0. The van der Waals surface area contributed by atoms with Crippen LogP contribution < -0.4 is 4.74 Å². The van der Waals surface area contributed by atoms with Gasteiger partial charge >= 0.3 is 0 Å². The summed E-state index contributed by atoms with van der Waals surface area (Å²) in [5.41, 5.74) is 0.995. The van der Waals surface area contributed by atoms with Crippen LogP contribution in [0.3, 0.4) is 0 Å². The molecule has 2 aromatic rings. The summed E-state index contributed by atoms with van der Waals surface area (Å²) < 4.78 is 31.7. The van der Waals surface area contributed by atoms with Crippen molar-refractivity contribution in [1.82, 2.24) is 4.90 Å². The van der Waals surface area contributed by atoms with E-state index in [0.29, 0.717) is 25.4 Å². The minimum absolute atomic E-state index is 0.0166. The Kier molecular flexibility index (Phi) is 6.49. The normalized spacial score (nSPS) is 16.8. The van der Waals surface area contributed by atoms with Gasteiger partial charge in [-0.3, -0.25) is 4.90 Å². The van der Waals surface area contributed by atoms with E-state index < -0.39 is 9.84 Å². The van der Waals surface area contributed by atoms with Crippen molar-refractivity contribution in [3.8, 4) is 5.75 Å². The molecule has 0 aromatic heterocycles. The van der Waals surface area contributed by atoms with E-state index in [-0.39, 0.29) is 29.1 Å². The van der Waals surface area contributed by atoms with Crippen LogP contribution in [0.5, 0.6) is 5.75 Å². The van der Waals surface area contributed by atoms with Gasteiger partial charge in [0.2, 0.25) is 9.84 Å². The Hall–Kier alpha value is -1.93. The van der Waals surface area contributed by atoms with E-state index in [1.165, 1.54) is 0 Å². The van der Waals surface area contributed by atoms with Crippen molar-refractivity contribution < 1.29 is 23.4 Å². The molecular formula is C20H25NO5S. The van der Waals surface area contributed by atoms with Gasteiger partial charge in [0.25, 0.3) is 0 Å². The fourth-order valence-electron chi connectivity index (χ4n) is 3.30. The Morgan fingerprint density at radius 3 is 2.37 bits per heavy atom. The largest absolute Gasteiger partial charge is 0.489 e. The van der Waals surface area contributed by atoms with Crippen LogP contribution >= 0.6 is 0 Å². The molecule has 2 aromatic carbocycles. The minimum atomic E-state index is -3.59. The van der Waals surface area contributed by atoms with E-state index in [4.69, 9.17) is 14.9 Å².